The Morgan fingerprint density at radius 2 is 1.82 bits per heavy atom. The van der Waals surface area contributed by atoms with E-state index in [2.05, 4.69) is 4.98 Å². The Labute approximate surface area is 123 Å². The van der Waals surface area contributed by atoms with Crippen LogP contribution in [0.4, 0.5) is 13.2 Å². The van der Waals surface area contributed by atoms with E-state index >= 15 is 0 Å². The molecular weight excluding hydrogens is 297 g/mol. The van der Waals surface area contributed by atoms with E-state index in [1.54, 1.807) is 12.1 Å². The Hall–Kier alpha value is -2.84. The lowest BCUT2D eigenvalue weighted by molar-refractivity contribution is -0.137. The van der Waals surface area contributed by atoms with Gasteiger partial charge in [-0.2, -0.15) is 23.7 Å². The third kappa shape index (κ3) is 3.08. The number of benzene rings is 1. The zero-order valence-electron chi connectivity index (χ0n) is 11.0. The van der Waals surface area contributed by atoms with Gasteiger partial charge in [0.2, 0.25) is 0 Å². The van der Waals surface area contributed by atoms with E-state index in [0.717, 1.165) is 12.1 Å². The highest BCUT2D eigenvalue weighted by molar-refractivity contribution is 5.36. The minimum Gasteiger partial charge on any atom is -0.387 e. The van der Waals surface area contributed by atoms with E-state index in [-0.39, 0.29) is 23.5 Å². The number of nitriles is 2. The molecule has 2 rings (SSSR count). The first-order valence-corrected chi connectivity index (χ1v) is 6.07. The smallest absolute Gasteiger partial charge is 0.387 e. The maximum Gasteiger partial charge on any atom is 0.416 e. The number of aliphatic hydroxyl groups is 1. The second-order valence-electron chi connectivity index (χ2n) is 4.45. The first kappa shape index (κ1) is 15.5. The number of aliphatic hydroxyl groups excluding tert-OH is 1. The van der Waals surface area contributed by atoms with Crippen LogP contribution in [0.2, 0.25) is 0 Å². The van der Waals surface area contributed by atoms with Gasteiger partial charge in [-0.15, -0.1) is 0 Å². The quantitative estimate of drug-likeness (QED) is 0.943. The Bertz CT molecular complexity index is 750. The molecule has 0 saturated carbocycles. The van der Waals surface area contributed by atoms with E-state index in [0.29, 0.717) is 0 Å². The molecule has 1 atom stereocenters. The van der Waals surface area contributed by atoms with Crippen molar-refractivity contribution in [2.24, 2.45) is 0 Å². The molecule has 0 radical (unpaired) electrons. The van der Waals surface area contributed by atoms with E-state index in [1.165, 1.54) is 23.0 Å². The van der Waals surface area contributed by atoms with Crippen molar-refractivity contribution >= 4 is 0 Å². The molecule has 0 amide bonds. The molecule has 0 aliphatic heterocycles. The van der Waals surface area contributed by atoms with Crippen LogP contribution >= 0.6 is 0 Å². The van der Waals surface area contributed by atoms with Crippen LogP contribution in [-0.4, -0.2) is 14.7 Å². The van der Waals surface area contributed by atoms with Gasteiger partial charge in [-0.3, -0.25) is 0 Å². The van der Waals surface area contributed by atoms with Crippen molar-refractivity contribution in [3.63, 3.8) is 0 Å². The summed E-state index contributed by atoms with van der Waals surface area (Å²) in [5.74, 6) is 0. The van der Waals surface area contributed by atoms with Crippen molar-refractivity contribution in [3.05, 3.63) is 53.1 Å². The standard InChI is InChI=1S/C14H9F3N4O/c15-14(16,17)10-3-1-9(2-4-10)13(22)7-21-8-20-11(5-18)12(21)6-19/h1-4,8,13,22H,7H2. The topological polar surface area (TPSA) is 85.6 Å². The van der Waals surface area contributed by atoms with Gasteiger partial charge in [-0.25, -0.2) is 4.98 Å². The Kier molecular flexibility index (Phi) is 4.15. The molecule has 5 nitrogen and oxygen atoms in total. The molecule has 1 heterocycles. The minimum atomic E-state index is -4.44. The molecule has 0 aliphatic rings. The predicted octanol–water partition coefficient (Wildman–Crippen LogP) is 2.38. The molecule has 1 aromatic heterocycles. The number of aromatic nitrogens is 2. The summed E-state index contributed by atoms with van der Waals surface area (Å²) in [4.78, 5) is 3.72. The van der Waals surface area contributed by atoms with Crippen LogP contribution in [0.5, 0.6) is 0 Å². The number of halogens is 3. The molecular formula is C14H9F3N4O. The third-order valence-electron chi connectivity index (χ3n) is 3.04. The second kappa shape index (κ2) is 5.88. The number of imidazole rings is 1. The molecule has 1 N–H and O–H groups in total. The van der Waals surface area contributed by atoms with E-state index < -0.39 is 17.8 Å². The highest BCUT2D eigenvalue weighted by atomic mass is 19.4. The predicted molar refractivity (Wildman–Crippen MR) is 68.1 cm³/mol. The van der Waals surface area contributed by atoms with Gasteiger partial charge in [-0.1, -0.05) is 12.1 Å². The summed E-state index contributed by atoms with van der Waals surface area (Å²) in [5, 5.41) is 27.8. The number of hydrogen-bond acceptors (Lipinski definition) is 4. The van der Waals surface area contributed by atoms with Gasteiger partial charge in [0.05, 0.1) is 24.5 Å². The molecule has 0 saturated heterocycles. The summed E-state index contributed by atoms with van der Waals surface area (Å²) in [7, 11) is 0. The Morgan fingerprint density at radius 3 is 2.32 bits per heavy atom. The van der Waals surface area contributed by atoms with E-state index in [9.17, 15) is 18.3 Å². The summed E-state index contributed by atoms with van der Waals surface area (Å²) >= 11 is 0. The zero-order valence-corrected chi connectivity index (χ0v) is 11.0. The van der Waals surface area contributed by atoms with E-state index in [1.807, 2.05) is 0 Å². The third-order valence-corrected chi connectivity index (χ3v) is 3.04. The first-order chi connectivity index (χ1) is 10.4. The lowest BCUT2D eigenvalue weighted by atomic mass is 10.1. The number of alkyl halides is 3. The lowest BCUT2D eigenvalue weighted by Crippen LogP contribution is -2.11. The lowest BCUT2D eigenvalue weighted by Gasteiger charge is -2.13. The average molecular weight is 306 g/mol. The number of nitrogens with zero attached hydrogens (tertiary/aromatic N) is 4. The molecule has 1 aromatic carbocycles. The van der Waals surface area contributed by atoms with Crippen molar-refractivity contribution < 1.29 is 18.3 Å². The molecule has 22 heavy (non-hydrogen) atoms. The average Bonchev–Trinajstić information content (AvgIpc) is 2.88. The monoisotopic (exact) mass is 306 g/mol. The normalized spacial score (nSPS) is 12.5. The Morgan fingerprint density at radius 1 is 1.18 bits per heavy atom. The van der Waals surface area contributed by atoms with Crippen LogP contribution in [0.3, 0.4) is 0 Å². The first-order valence-electron chi connectivity index (χ1n) is 6.07. The maximum atomic E-state index is 12.5. The molecule has 0 aliphatic carbocycles. The van der Waals surface area contributed by atoms with Gasteiger partial charge in [0.15, 0.2) is 11.4 Å². The van der Waals surface area contributed by atoms with Crippen molar-refractivity contribution in [1.29, 1.82) is 10.5 Å². The van der Waals surface area contributed by atoms with Crippen molar-refractivity contribution in [2.75, 3.05) is 0 Å². The van der Waals surface area contributed by atoms with Crippen LogP contribution in [0, 0.1) is 22.7 Å². The van der Waals surface area contributed by atoms with Crippen LogP contribution in [0.25, 0.3) is 0 Å². The van der Waals surface area contributed by atoms with Crippen LogP contribution in [0.15, 0.2) is 30.6 Å². The van der Waals surface area contributed by atoms with Crippen LogP contribution in [-0.2, 0) is 12.7 Å². The van der Waals surface area contributed by atoms with Gasteiger partial charge >= 0.3 is 6.18 Å². The summed E-state index contributed by atoms with van der Waals surface area (Å²) in [5.41, 5.74) is -0.616. The van der Waals surface area contributed by atoms with Gasteiger partial charge in [0.1, 0.15) is 12.1 Å². The second-order valence-corrected chi connectivity index (χ2v) is 4.45. The highest BCUT2D eigenvalue weighted by Gasteiger charge is 2.30. The Balaban J connectivity index is 2.20. The fourth-order valence-electron chi connectivity index (χ4n) is 1.91. The van der Waals surface area contributed by atoms with Crippen molar-refractivity contribution in [2.45, 2.75) is 18.8 Å². The summed E-state index contributed by atoms with van der Waals surface area (Å²) < 4.78 is 38.7. The molecule has 112 valence electrons. The van der Waals surface area contributed by atoms with Crippen LogP contribution in [0.1, 0.15) is 28.6 Å². The molecule has 0 fully saturated rings. The van der Waals surface area contributed by atoms with Gasteiger partial charge in [0, 0.05) is 0 Å². The van der Waals surface area contributed by atoms with Gasteiger partial charge in [-0.05, 0) is 17.7 Å². The van der Waals surface area contributed by atoms with Crippen LogP contribution < -0.4 is 0 Å². The molecule has 1 unspecified atom stereocenters. The SMILES string of the molecule is N#Cc1ncn(CC(O)c2ccc(C(F)(F)F)cc2)c1C#N. The number of hydrogen-bond donors (Lipinski definition) is 1. The molecule has 0 spiro atoms. The molecule has 8 heteroatoms. The van der Waals surface area contributed by atoms with Gasteiger partial charge in [0.25, 0.3) is 0 Å². The van der Waals surface area contributed by atoms with Gasteiger partial charge < -0.3 is 9.67 Å². The maximum absolute atomic E-state index is 12.5. The highest BCUT2D eigenvalue weighted by Crippen LogP contribution is 2.30. The fourth-order valence-corrected chi connectivity index (χ4v) is 1.91. The van der Waals surface area contributed by atoms with E-state index in [4.69, 9.17) is 10.5 Å². The molecule has 0 bridgehead atoms. The molecule has 2 aromatic rings. The number of rotatable bonds is 3. The summed E-state index contributed by atoms with van der Waals surface area (Å²) in [6, 6.07) is 7.63. The summed E-state index contributed by atoms with van der Waals surface area (Å²) in [6.45, 7) is -0.0943. The zero-order chi connectivity index (χ0) is 16.3. The largest absolute Gasteiger partial charge is 0.416 e. The van der Waals surface area contributed by atoms with Crippen molar-refractivity contribution in [3.8, 4) is 12.1 Å². The minimum absolute atomic E-state index is 0.00605. The summed E-state index contributed by atoms with van der Waals surface area (Å²) in [6.07, 6.45) is -4.34. The fraction of sp³-hybridized carbons (Fsp3) is 0.214. The van der Waals surface area contributed by atoms with Crippen molar-refractivity contribution in [1.82, 2.24) is 9.55 Å².